The molecule has 1 aliphatic carbocycles. The maximum absolute atomic E-state index is 13.2. The van der Waals surface area contributed by atoms with Crippen molar-refractivity contribution >= 4 is 57.4 Å². The van der Waals surface area contributed by atoms with E-state index in [1.807, 2.05) is 41.1 Å². The van der Waals surface area contributed by atoms with Gasteiger partial charge in [-0.1, -0.05) is 67.8 Å². The first-order valence-corrected chi connectivity index (χ1v) is 13.5. The average molecular weight is 522 g/mol. The number of para-hydroxylation sites is 1. The third-order valence-corrected chi connectivity index (χ3v) is 8.15. The molecule has 0 radical (unpaired) electrons. The van der Waals surface area contributed by atoms with E-state index in [9.17, 15) is 14.4 Å². The van der Waals surface area contributed by atoms with Gasteiger partial charge in [-0.15, -0.1) is 0 Å². The van der Waals surface area contributed by atoms with E-state index in [2.05, 4.69) is 18.3 Å². The van der Waals surface area contributed by atoms with Crippen LogP contribution in [0.5, 0.6) is 0 Å². The second-order valence-corrected chi connectivity index (χ2v) is 10.7. The molecule has 0 bridgehead atoms. The summed E-state index contributed by atoms with van der Waals surface area (Å²) < 4.78 is 1.97. The van der Waals surface area contributed by atoms with Gasteiger partial charge < -0.3 is 9.88 Å². The maximum Gasteiger partial charge on any atom is 0.293 e. The van der Waals surface area contributed by atoms with Crippen LogP contribution < -0.4 is 5.32 Å². The predicted octanol–water partition coefficient (Wildman–Crippen LogP) is 6.15. The number of halogens is 1. The van der Waals surface area contributed by atoms with Crippen LogP contribution in [0.25, 0.3) is 17.0 Å². The minimum Gasteiger partial charge on any atom is -0.352 e. The summed E-state index contributed by atoms with van der Waals surface area (Å²) in [6.45, 7) is 2.43. The molecule has 2 aliphatic rings. The summed E-state index contributed by atoms with van der Waals surface area (Å²) in [6, 6.07) is 13.5. The van der Waals surface area contributed by atoms with Crippen LogP contribution in [0.4, 0.5) is 4.79 Å². The van der Waals surface area contributed by atoms with Gasteiger partial charge in [0.25, 0.3) is 11.1 Å². The number of aryl methyl sites for hydroxylation is 1. The molecule has 36 heavy (non-hydrogen) atoms. The van der Waals surface area contributed by atoms with Crippen molar-refractivity contribution in [2.45, 2.75) is 58.2 Å². The van der Waals surface area contributed by atoms with E-state index in [0.717, 1.165) is 71.5 Å². The Hall–Kier alpha value is -3.03. The smallest absolute Gasteiger partial charge is 0.293 e. The Morgan fingerprint density at radius 2 is 1.86 bits per heavy atom. The Morgan fingerprint density at radius 1 is 1.11 bits per heavy atom. The van der Waals surface area contributed by atoms with E-state index in [-0.39, 0.29) is 36.2 Å². The van der Waals surface area contributed by atoms with E-state index in [1.54, 1.807) is 12.1 Å². The standard InChI is InChI=1S/C28H28ClN3O3S/c1-2-18-9-7-12-22-20(15-31(26(18)22)17-25(33)30-21-10-4-5-11-21)14-24-27(34)32(28(35)36-24)16-19-8-3-6-13-23(19)29/h3,6-9,12-15,21H,2,4-5,10-11,16-17H2,1H3,(H,30,33)/b24-14-. The number of thioether (sulfide) groups is 1. The van der Waals surface area contributed by atoms with Gasteiger partial charge in [0.15, 0.2) is 0 Å². The van der Waals surface area contributed by atoms with Crippen molar-refractivity contribution in [3.63, 3.8) is 0 Å². The van der Waals surface area contributed by atoms with Crippen molar-refractivity contribution in [2.75, 3.05) is 0 Å². The summed E-state index contributed by atoms with van der Waals surface area (Å²) in [4.78, 5) is 40.3. The predicted molar refractivity (Wildman–Crippen MR) is 145 cm³/mol. The SMILES string of the molecule is CCc1cccc2c(/C=C3\SC(=O)N(Cc4ccccc4Cl)C3=O)cn(CC(=O)NC3CCCC3)c12. The fourth-order valence-corrected chi connectivity index (χ4v) is 6.09. The Bertz CT molecular complexity index is 1370. The van der Waals surface area contributed by atoms with Crippen LogP contribution in [0.3, 0.4) is 0 Å². The summed E-state index contributed by atoms with van der Waals surface area (Å²) >= 11 is 7.18. The largest absolute Gasteiger partial charge is 0.352 e. The van der Waals surface area contributed by atoms with Gasteiger partial charge in [0.05, 0.1) is 17.0 Å². The summed E-state index contributed by atoms with van der Waals surface area (Å²) in [5.74, 6) is -0.340. The van der Waals surface area contributed by atoms with E-state index in [1.165, 1.54) is 4.90 Å². The minimum atomic E-state index is -0.337. The molecule has 1 saturated carbocycles. The molecular weight excluding hydrogens is 494 g/mol. The minimum absolute atomic E-state index is 0.00341. The van der Waals surface area contributed by atoms with Crippen LogP contribution in [0.15, 0.2) is 53.6 Å². The van der Waals surface area contributed by atoms with E-state index in [4.69, 9.17) is 11.6 Å². The lowest BCUT2D eigenvalue weighted by atomic mass is 10.1. The lowest BCUT2D eigenvalue weighted by Gasteiger charge is -2.13. The molecule has 186 valence electrons. The zero-order valence-corrected chi connectivity index (χ0v) is 21.7. The summed E-state index contributed by atoms with van der Waals surface area (Å²) in [7, 11) is 0. The molecule has 1 saturated heterocycles. The molecule has 6 nitrogen and oxygen atoms in total. The number of rotatable bonds is 7. The summed E-state index contributed by atoms with van der Waals surface area (Å²) in [5.41, 5.74) is 3.66. The molecule has 3 amide bonds. The number of carbonyl (C=O) groups is 3. The van der Waals surface area contributed by atoms with E-state index < -0.39 is 0 Å². The summed E-state index contributed by atoms with van der Waals surface area (Å²) in [6.07, 6.45) is 8.89. The Balaban J connectivity index is 1.44. The number of nitrogens with zero attached hydrogens (tertiary/aromatic N) is 2. The van der Waals surface area contributed by atoms with E-state index >= 15 is 0 Å². The van der Waals surface area contributed by atoms with Gasteiger partial charge in [-0.05, 0) is 54.3 Å². The number of hydrogen-bond acceptors (Lipinski definition) is 4. The molecule has 0 spiro atoms. The van der Waals surface area contributed by atoms with Gasteiger partial charge in [0.2, 0.25) is 5.91 Å². The van der Waals surface area contributed by atoms with Gasteiger partial charge >= 0.3 is 0 Å². The maximum atomic E-state index is 13.2. The molecular formula is C28H28ClN3O3S. The molecule has 5 rings (SSSR count). The van der Waals surface area contributed by atoms with Gasteiger partial charge in [0.1, 0.15) is 6.54 Å². The number of benzene rings is 2. The third kappa shape index (κ3) is 4.95. The molecule has 3 aromatic rings. The Morgan fingerprint density at radius 3 is 2.61 bits per heavy atom. The third-order valence-electron chi connectivity index (χ3n) is 6.87. The normalized spacial score (nSPS) is 17.6. The first-order valence-electron chi connectivity index (χ1n) is 12.3. The quantitative estimate of drug-likeness (QED) is 0.378. The van der Waals surface area contributed by atoms with Crippen molar-refractivity contribution < 1.29 is 14.4 Å². The molecule has 2 heterocycles. The molecule has 0 unspecified atom stereocenters. The molecule has 2 aromatic carbocycles. The van der Waals surface area contributed by atoms with Crippen molar-refractivity contribution in [2.24, 2.45) is 0 Å². The number of amides is 3. The number of aromatic nitrogens is 1. The van der Waals surface area contributed by atoms with Crippen molar-refractivity contribution in [3.8, 4) is 0 Å². The van der Waals surface area contributed by atoms with E-state index in [0.29, 0.717) is 9.93 Å². The average Bonchev–Trinajstić information content (AvgIpc) is 3.56. The molecule has 1 N–H and O–H groups in total. The van der Waals surface area contributed by atoms with Gasteiger partial charge in [-0.25, -0.2) is 0 Å². The Kier molecular flexibility index (Phi) is 7.21. The number of nitrogens with one attached hydrogen (secondary N) is 1. The highest BCUT2D eigenvalue weighted by atomic mass is 35.5. The van der Waals surface area contributed by atoms with Crippen molar-refractivity contribution in [1.82, 2.24) is 14.8 Å². The first-order chi connectivity index (χ1) is 17.4. The summed E-state index contributed by atoms with van der Waals surface area (Å²) in [5, 5.41) is 4.32. The molecule has 8 heteroatoms. The Labute approximate surface area is 219 Å². The number of fused-ring (bicyclic) bond motifs is 1. The fraction of sp³-hybridized carbons (Fsp3) is 0.321. The van der Waals surface area contributed by atoms with Crippen molar-refractivity contribution in [1.29, 1.82) is 0 Å². The molecule has 1 aliphatic heterocycles. The highest BCUT2D eigenvalue weighted by Crippen LogP contribution is 2.36. The van der Waals surface area contributed by atoms with Crippen LogP contribution in [-0.4, -0.2) is 32.6 Å². The highest BCUT2D eigenvalue weighted by Gasteiger charge is 2.35. The topological polar surface area (TPSA) is 71.4 Å². The number of carbonyl (C=O) groups excluding carboxylic acids is 3. The second-order valence-electron chi connectivity index (χ2n) is 9.29. The lowest BCUT2D eigenvalue weighted by Crippen LogP contribution is -2.35. The number of imide groups is 1. The lowest BCUT2D eigenvalue weighted by molar-refractivity contribution is -0.123. The highest BCUT2D eigenvalue weighted by molar-refractivity contribution is 8.18. The van der Waals surface area contributed by atoms with Crippen LogP contribution in [0.1, 0.15) is 49.3 Å². The van der Waals surface area contributed by atoms with Crippen LogP contribution >= 0.6 is 23.4 Å². The molecule has 1 aromatic heterocycles. The fourth-order valence-electron chi connectivity index (χ4n) is 5.06. The zero-order chi connectivity index (χ0) is 25.2. The molecule has 2 fully saturated rings. The van der Waals surface area contributed by atoms with Crippen LogP contribution in [0, 0.1) is 0 Å². The first kappa shape index (κ1) is 24.7. The second kappa shape index (κ2) is 10.5. The zero-order valence-electron chi connectivity index (χ0n) is 20.1. The van der Waals surface area contributed by atoms with Gasteiger partial charge in [-0.3, -0.25) is 19.3 Å². The molecule has 0 atom stereocenters. The van der Waals surface area contributed by atoms with Crippen molar-refractivity contribution in [3.05, 3.63) is 75.3 Å². The van der Waals surface area contributed by atoms with Gasteiger partial charge in [-0.2, -0.15) is 0 Å². The van der Waals surface area contributed by atoms with Crippen LogP contribution in [-0.2, 0) is 29.1 Å². The van der Waals surface area contributed by atoms with Crippen LogP contribution in [0.2, 0.25) is 5.02 Å². The number of hydrogen-bond donors (Lipinski definition) is 1. The monoisotopic (exact) mass is 521 g/mol. The van der Waals surface area contributed by atoms with Gasteiger partial charge in [0, 0.05) is 28.2 Å².